The van der Waals surface area contributed by atoms with Crippen LogP contribution in [-0.2, 0) is 4.79 Å². The zero-order valence-corrected chi connectivity index (χ0v) is 22.6. The van der Waals surface area contributed by atoms with Gasteiger partial charge in [0.05, 0.1) is 21.9 Å². The maximum atomic E-state index is 11.8. The Morgan fingerprint density at radius 1 is 1.05 bits per heavy atom. The van der Waals surface area contributed by atoms with Crippen molar-refractivity contribution in [3.8, 4) is 0 Å². The van der Waals surface area contributed by atoms with Gasteiger partial charge < -0.3 is 26.4 Å². The molecule has 3 aromatic rings. The summed E-state index contributed by atoms with van der Waals surface area (Å²) in [5, 5.41) is 17.0. The quantitative estimate of drug-likeness (QED) is 0.306. The van der Waals surface area contributed by atoms with Gasteiger partial charge in [0.1, 0.15) is 5.52 Å². The fourth-order valence-electron chi connectivity index (χ4n) is 5.24. The highest BCUT2D eigenvalue weighted by Crippen LogP contribution is 2.40. The van der Waals surface area contributed by atoms with Crippen LogP contribution in [0, 0.1) is 5.92 Å². The summed E-state index contributed by atoms with van der Waals surface area (Å²) in [5.41, 5.74) is 7.18. The number of amides is 2. The summed E-state index contributed by atoms with van der Waals surface area (Å²) in [6, 6.07) is 3.07. The maximum absolute atomic E-state index is 11.8. The summed E-state index contributed by atoms with van der Waals surface area (Å²) in [7, 11) is 0. The van der Waals surface area contributed by atoms with Gasteiger partial charge in [-0.2, -0.15) is 4.98 Å². The van der Waals surface area contributed by atoms with Gasteiger partial charge in [-0.25, -0.2) is 14.8 Å². The Balaban J connectivity index is 1.50. The molecular weight excluding hydrogens is 555 g/mol. The monoisotopic (exact) mass is 580 g/mol. The number of nitrogens with zero attached hydrogens (tertiary/aromatic N) is 5. The standard InChI is InChI=1S/C24H27Cl3N8O3/c25-13-8-16(26)19(17(27)9-13)32-23-31-18-10-29-22(30-14-2-1-7-34(11-14)24(37)38)33-21(18)35(23)15-5-3-12(4-6-15)20(28)36/h8-10,12,14-15H,1-7,11H2,(H2,28,36)(H,31,32)(H,37,38)(H,29,30,33)/t12-,14?,15-. The molecule has 0 radical (unpaired) electrons. The van der Waals surface area contributed by atoms with Crippen LogP contribution in [0.4, 0.5) is 22.4 Å². The molecule has 202 valence electrons. The number of imidazole rings is 1. The van der Waals surface area contributed by atoms with E-state index in [1.165, 1.54) is 4.90 Å². The SMILES string of the molecule is NC(=O)[C@H]1CC[C@H](n2c(Nc3c(Cl)cc(Cl)cc3Cl)nc3cnc(NC4CCCN(C(=O)O)C4)nc32)CC1. The van der Waals surface area contributed by atoms with E-state index in [1.807, 2.05) is 4.57 Å². The number of primary amides is 1. The maximum Gasteiger partial charge on any atom is 0.407 e. The Morgan fingerprint density at radius 2 is 1.76 bits per heavy atom. The number of rotatable bonds is 6. The molecule has 1 saturated heterocycles. The Morgan fingerprint density at radius 3 is 2.42 bits per heavy atom. The lowest BCUT2D eigenvalue weighted by molar-refractivity contribution is -0.122. The van der Waals surface area contributed by atoms with Crippen molar-refractivity contribution >= 4 is 75.6 Å². The number of piperidine rings is 1. The molecule has 2 amide bonds. The molecule has 14 heteroatoms. The minimum atomic E-state index is -0.937. The number of carbonyl (C=O) groups excluding carboxylic acids is 1. The summed E-state index contributed by atoms with van der Waals surface area (Å²) < 4.78 is 1.99. The summed E-state index contributed by atoms with van der Waals surface area (Å²) in [5.74, 6) is 0.423. The minimum absolute atomic E-state index is 0.0112. The molecule has 2 aromatic heterocycles. The smallest absolute Gasteiger partial charge is 0.407 e. The van der Waals surface area contributed by atoms with E-state index in [0.29, 0.717) is 82.6 Å². The highest BCUT2D eigenvalue weighted by Gasteiger charge is 2.30. The van der Waals surface area contributed by atoms with Crippen molar-refractivity contribution in [3.63, 3.8) is 0 Å². The summed E-state index contributed by atoms with van der Waals surface area (Å²) in [6.45, 7) is 0.868. The molecule has 1 aliphatic heterocycles. The number of halogens is 3. The van der Waals surface area contributed by atoms with E-state index in [2.05, 4.69) is 15.6 Å². The Kier molecular flexibility index (Phi) is 7.69. The lowest BCUT2D eigenvalue weighted by Gasteiger charge is -2.31. The fraction of sp³-hybridized carbons (Fsp3) is 0.458. The van der Waals surface area contributed by atoms with Gasteiger partial charge in [-0.1, -0.05) is 34.8 Å². The third-order valence-corrected chi connectivity index (χ3v) is 7.98. The van der Waals surface area contributed by atoms with Gasteiger partial charge in [0.2, 0.25) is 17.8 Å². The molecule has 3 heterocycles. The van der Waals surface area contributed by atoms with Crippen LogP contribution >= 0.6 is 34.8 Å². The summed E-state index contributed by atoms with van der Waals surface area (Å²) >= 11 is 19.0. The average Bonchev–Trinajstić information content (AvgIpc) is 3.23. The number of likely N-dealkylation sites (tertiary alicyclic amines) is 1. The van der Waals surface area contributed by atoms with Crippen LogP contribution in [0.3, 0.4) is 0 Å². The van der Waals surface area contributed by atoms with Crippen LogP contribution in [-0.4, -0.2) is 60.7 Å². The van der Waals surface area contributed by atoms with Crippen LogP contribution < -0.4 is 16.4 Å². The van der Waals surface area contributed by atoms with Crippen LogP contribution in [0.25, 0.3) is 11.2 Å². The molecule has 11 nitrogen and oxygen atoms in total. The fourth-order valence-corrected chi connectivity index (χ4v) is 6.15. The second-order valence-corrected chi connectivity index (χ2v) is 10.9. The molecule has 2 fully saturated rings. The molecule has 0 spiro atoms. The van der Waals surface area contributed by atoms with Crippen molar-refractivity contribution in [1.29, 1.82) is 0 Å². The van der Waals surface area contributed by atoms with Gasteiger partial charge in [0.15, 0.2) is 5.65 Å². The second-order valence-electron chi connectivity index (χ2n) is 9.70. The van der Waals surface area contributed by atoms with Crippen LogP contribution in [0.2, 0.25) is 15.1 Å². The van der Waals surface area contributed by atoms with Crippen molar-refractivity contribution in [3.05, 3.63) is 33.4 Å². The molecule has 1 atom stereocenters. The van der Waals surface area contributed by atoms with Gasteiger partial charge >= 0.3 is 6.09 Å². The number of fused-ring (bicyclic) bond motifs is 1. The van der Waals surface area contributed by atoms with Gasteiger partial charge in [0, 0.05) is 36.1 Å². The van der Waals surface area contributed by atoms with Gasteiger partial charge in [0.25, 0.3) is 0 Å². The number of benzene rings is 1. The van der Waals surface area contributed by atoms with E-state index in [0.717, 1.165) is 12.8 Å². The van der Waals surface area contributed by atoms with Crippen molar-refractivity contribution in [2.45, 2.75) is 50.6 Å². The van der Waals surface area contributed by atoms with E-state index >= 15 is 0 Å². The third kappa shape index (κ3) is 5.55. The molecule has 1 aliphatic carbocycles. The van der Waals surface area contributed by atoms with Gasteiger partial charge in [-0.15, -0.1) is 0 Å². The van der Waals surface area contributed by atoms with E-state index in [4.69, 9.17) is 50.5 Å². The Labute approximate surface area is 233 Å². The Bertz CT molecular complexity index is 1350. The van der Waals surface area contributed by atoms with E-state index in [-0.39, 0.29) is 23.9 Å². The minimum Gasteiger partial charge on any atom is -0.465 e. The van der Waals surface area contributed by atoms with Crippen molar-refractivity contribution in [1.82, 2.24) is 24.4 Å². The number of aromatic nitrogens is 4. The number of hydrogen-bond acceptors (Lipinski definition) is 7. The number of anilines is 3. The lowest BCUT2D eigenvalue weighted by Crippen LogP contribution is -2.44. The van der Waals surface area contributed by atoms with Crippen molar-refractivity contribution in [2.75, 3.05) is 23.7 Å². The first-order valence-electron chi connectivity index (χ1n) is 12.4. The first kappa shape index (κ1) is 26.6. The zero-order valence-electron chi connectivity index (χ0n) is 20.3. The number of carbonyl (C=O) groups is 2. The summed E-state index contributed by atoms with van der Waals surface area (Å²) in [6.07, 6.45) is 4.98. The predicted octanol–water partition coefficient (Wildman–Crippen LogP) is 5.30. The molecule has 1 unspecified atom stereocenters. The first-order chi connectivity index (χ1) is 18.2. The lowest BCUT2D eigenvalue weighted by atomic mass is 9.85. The molecular formula is C24H27Cl3N8O3. The molecule has 0 bridgehead atoms. The normalized spacial score (nSPS) is 21.9. The second kappa shape index (κ2) is 11.0. The highest BCUT2D eigenvalue weighted by atomic mass is 35.5. The van der Waals surface area contributed by atoms with Crippen molar-refractivity contribution in [2.24, 2.45) is 11.7 Å². The number of nitrogens with two attached hydrogens (primary N) is 1. The molecule has 5 rings (SSSR count). The average molecular weight is 582 g/mol. The molecule has 5 N–H and O–H groups in total. The van der Waals surface area contributed by atoms with Crippen LogP contribution in [0.5, 0.6) is 0 Å². The Hall–Kier alpha value is -3.02. The highest BCUT2D eigenvalue weighted by molar-refractivity contribution is 6.41. The number of hydrogen-bond donors (Lipinski definition) is 4. The van der Waals surface area contributed by atoms with Crippen LogP contribution in [0.1, 0.15) is 44.6 Å². The summed E-state index contributed by atoms with van der Waals surface area (Å²) in [4.78, 5) is 38.5. The van der Waals surface area contributed by atoms with Gasteiger partial charge in [-0.3, -0.25) is 9.36 Å². The molecule has 2 aliphatic rings. The topological polar surface area (TPSA) is 151 Å². The largest absolute Gasteiger partial charge is 0.465 e. The first-order valence-corrected chi connectivity index (χ1v) is 13.5. The zero-order chi connectivity index (χ0) is 27.0. The molecule has 1 aromatic carbocycles. The van der Waals surface area contributed by atoms with E-state index in [1.54, 1.807) is 18.3 Å². The molecule has 38 heavy (non-hydrogen) atoms. The predicted molar refractivity (Wildman–Crippen MR) is 147 cm³/mol. The van der Waals surface area contributed by atoms with E-state index < -0.39 is 6.09 Å². The number of carboxylic acid groups (broad SMARTS) is 1. The van der Waals surface area contributed by atoms with Gasteiger partial charge in [-0.05, 0) is 50.7 Å². The number of nitrogens with one attached hydrogen (secondary N) is 2. The van der Waals surface area contributed by atoms with Crippen LogP contribution in [0.15, 0.2) is 18.3 Å². The molecule has 1 saturated carbocycles. The van der Waals surface area contributed by atoms with E-state index in [9.17, 15) is 14.7 Å². The third-order valence-electron chi connectivity index (χ3n) is 7.17. The van der Waals surface area contributed by atoms with Crippen molar-refractivity contribution < 1.29 is 14.7 Å².